The van der Waals surface area contributed by atoms with Crippen LogP contribution in [0.5, 0.6) is 0 Å². The Hall–Kier alpha value is 0.434. The summed E-state index contributed by atoms with van der Waals surface area (Å²) in [7, 11) is 2.85. The van der Waals surface area contributed by atoms with Crippen LogP contribution in [0.25, 0.3) is 0 Å². The van der Waals surface area contributed by atoms with E-state index in [4.69, 9.17) is 0 Å². The first-order valence-corrected chi connectivity index (χ1v) is 6.66. The Morgan fingerprint density at radius 2 is 1.12 bits per heavy atom. The van der Waals surface area contributed by atoms with Crippen molar-refractivity contribution in [3.63, 3.8) is 0 Å². The van der Waals surface area contributed by atoms with Crippen molar-refractivity contribution < 1.29 is 0 Å². The van der Waals surface area contributed by atoms with Crippen LogP contribution in [-0.2, 0) is 0 Å². The zero-order valence-electron chi connectivity index (χ0n) is 6.83. The van der Waals surface area contributed by atoms with Crippen LogP contribution in [-0.4, -0.2) is 20.5 Å². The molecule has 0 aliphatic carbocycles. The second-order valence-electron chi connectivity index (χ2n) is 2.00. The summed E-state index contributed by atoms with van der Waals surface area (Å²) in [6.07, 6.45) is 2.64. The molecule has 0 rings (SSSR count). The molecule has 0 nitrogen and oxygen atoms in total. The predicted octanol–water partition coefficient (Wildman–Crippen LogP) is 0.360. The lowest BCUT2D eigenvalue weighted by atomic mass is 10.4. The number of hydrogen-bond donors (Lipinski definition) is 0. The van der Waals surface area contributed by atoms with E-state index in [2.05, 4.69) is 13.8 Å². The first-order valence-electron chi connectivity index (χ1n) is 3.83. The zero-order chi connectivity index (χ0) is 6.83. The molecule has 0 radical (unpaired) electrons. The summed E-state index contributed by atoms with van der Waals surface area (Å²) in [5.74, 6) is 0. The Morgan fingerprint density at radius 3 is 1.12 bits per heavy atom. The molecule has 0 aromatic rings. The van der Waals surface area contributed by atoms with Crippen LogP contribution >= 0.6 is 0 Å². The molecule has 0 N–H and O–H groups in total. The van der Waals surface area contributed by atoms with Gasteiger partial charge in [0, 0.05) is 20.5 Å². The van der Waals surface area contributed by atoms with Crippen LogP contribution < -0.4 is 0 Å². The van der Waals surface area contributed by atoms with Gasteiger partial charge in [-0.15, -0.1) is 0 Å². The zero-order valence-corrected chi connectivity index (χ0v) is 10.8. The van der Waals surface area contributed by atoms with Gasteiger partial charge in [-0.25, -0.2) is 0 Å². The van der Waals surface area contributed by atoms with Crippen LogP contribution in [0.3, 0.4) is 0 Å². The van der Waals surface area contributed by atoms with E-state index in [0.29, 0.717) is 0 Å². The van der Waals surface area contributed by atoms with E-state index >= 15 is 0 Å². The highest BCUT2D eigenvalue weighted by Gasteiger charge is 1.57. The SMILES string of the molecule is CCCC.[SiH3]CC[SiH3]. The Balaban J connectivity index is 0. The molecule has 0 amide bonds. The molecule has 0 spiro atoms. The quantitative estimate of drug-likeness (QED) is 0.496. The summed E-state index contributed by atoms with van der Waals surface area (Å²) in [4.78, 5) is 0. The molecule has 0 bridgehead atoms. The van der Waals surface area contributed by atoms with Crippen molar-refractivity contribution in [3.8, 4) is 0 Å². The summed E-state index contributed by atoms with van der Waals surface area (Å²) >= 11 is 0. The molecule has 0 aromatic heterocycles. The maximum absolute atomic E-state index is 2.18. The Morgan fingerprint density at radius 1 is 0.875 bits per heavy atom. The van der Waals surface area contributed by atoms with Crippen LogP contribution in [0, 0.1) is 0 Å². The van der Waals surface area contributed by atoms with Gasteiger partial charge in [-0.05, 0) is 0 Å². The third kappa shape index (κ3) is 32.1. The van der Waals surface area contributed by atoms with Crippen molar-refractivity contribution in [2.45, 2.75) is 38.8 Å². The van der Waals surface area contributed by atoms with Gasteiger partial charge in [-0.1, -0.05) is 38.8 Å². The highest BCUT2D eigenvalue weighted by atomic mass is 28.2. The van der Waals surface area contributed by atoms with Gasteiger partial charge in [0.15, 0.2) is 0 Å². The molecule has 0 aliphatic heterocycles. The molecular formula is C6H20Si2. The lowest BCUT2D eigenvalue weighted by Gasteiger charge is -1.68. The molecule has 2 heteroatoms. The third-order valence-corrected chi connectivity index (χ3v) is 5.00. The second-order valence-corrected chi connectivity index (χ2v) is 4.00. The molecule has 0 aromatic carbocycles. The number of unbranched alkanes of at least 4 members (excludes halogenated alkanes) is 1. The molecule has 0 fully saturated rings. The summed E-state index contributed by atoms with van der Waals surface area (Å²) in [6.45, 7) is 4.36. The van der Waals surface area contributed by atoms with Gasteiger partial charge in [0.1, 0.15) is 0 Å². The van der Waals surface area contributed by atoms with Gasteiger partial charge in [0.25, 0.3) is 0 Å². The minimum absolute atomic E-state index is 1.32. The molecular weight excluding hydrogens is 128 g/mol. The molecule has 0 aliphatic rings. The van der Waals surface area contributed by atoms with Crippen LogP contribution in [0.1, 0.15) is 26.7 Å². The van der Waals surface area contributed by atoms with E-state index in [1.54, 1.807) is 0 Å². The minimum Gasteiger partial charge on any atom is -0.0689 e. The summed E-state index contributed by atoms with van der Waals surface area (Å²) in [6, 6.07) is 3.04. The maximum atomic E-state index is 2.18. The van der Waals surface area contributed by atoms with Gasteiger partial charge in [-0.3, -0.25) is 0 Å². The summed E-state index contributed by atoms with van der Waals surface area (Å²) in [5.41, 5.74) is 0. The molecule has 8 heavy (non-hydrogen) atoms. The molecule has 0 atom stereocenters. The first kappa shape index (κ1) is 11.3. The van der Waals surface area contributed by atoms with Crippen LogP contribution in [0.15, 0.2) is 0 Å². The monoisotopic (exact) mass is 148 g/mol. The standard InChI is InChI=1S/C4H10.C2H10Si2/c1-3-4-2;3-1-2-4/h3-4H2,1-2H3;1-2H2,3-4H3. The largest absolute Gasteiger partial charge is 0.0689 e. The average molecular weight is 148 g/mol. The van der Waals surface area contributed by atoms with Gasteiger partial charge in [0.2, 0.25) is 0 Å². The van der Waals surface area contributed by atoms with E-state index < -0.39 is 0 Å². The Kier molecular flexibility index (Phi) is 22.0. The summed E-state index contributed by atoms with van der Waals surface area (Å²) in [5, 5.41) is 0. The van der Waals surface area contributed by atoms with Gasteiger partial charge >= 0.3 is 0 Å². The van der Waals surface area contributed by atoms with Gasteiger partial charge in [0.05, 0.1) is 0 Å². The predicted molar refractivity (Wildman–Crippen MR) is 50.1 cm³/mol. The van der Waals surface area contributed by atoms with Gasteiger partial charge < -0.3 is 0 Å². The molecule has 0 saturated heterocycles. The van der Waals surface area contributed by atoms with Crippen molar-refractivity contribution in [2.75, 3.05) is 0 Å². The fourth-order valence-corrected chi connectivity index (χ4v) is 0. The van der Waals surface area contributed by atoms with E-state index in [0.717, 1.165) is 0 Å². The number of hydrogen-bond acceptors (Lipinski definition) is 0. The number of rotatable bonds is 2. The van der Waals surface area contributed by atoms with Gasteiger partial charge in [-0.2, -0.15) is 0 Å². The average Bonchev–Trinajstić information content (AvgIpc) is 1.88. The first-order chi connectivity index (χ1) is 3.83. The highest BCUT2D eigenvalue weighted by molar-refractivity contribution is 6.16. The van der Waals surface area contributed by atoms with E-state index in [1.807, 2.05) is 0 Å². The minimum atomic E-state index is 1.32. The molecule has 0 heterocycles. The molecule has 0 saturated carbocycles. The van der Waals surface area contributed by atoms with Crippen molar-refractivity contribution in [2.24, 2.45) is 0 Å². The van der Waals surface area contributed by atoms with Crippen molar-refractivity contribution in [1.82, 2.24) is 0 Å². The van der Waals surface area contributed by atoms with E-state index in [1.165, 1.54) is 45.4 Å². The topological polar surface area (TPSA) is 0 Å². The van der Waals surface area contributed by atoms with Crippen molar-refractivity contribution in [3.05, 3.63) is 0 Å². The highest BCUT2D eigenvalue weighted by Crippen LogP contribution is 1.76. The second kappa shape index (κ2) is 15.7. The smallest absolute Gasteiger partial charge is 0.00240 e. The van der Waals surface area contributed by atoms with Crippen molar-refractivity contribution in [1.29, 1.82) is 0 Å². The van der Waals surface area contributed by atoms with Crippen LogP contribution in [0.4, 0.5) is 0 Å². The third-order valence-electron chi connectivity index (χ3n) is 1.000. The van der Waals surface area contributed by atoms with Crippen LogP contribution in [0.2, 0.25) is 12.1 Å². The normalized spacial score (nSPS) is 8.25. The van der Waals surface area contributed by atoms with E-state index in [9.17, 15) is 0 Å². The summed E-state index contributed by atoms with van der Waals surface area (Å²) < 4.78 is 0. The Labute approximate surface area is 59.9 Å². The maximum Gasteiger partial charge on any atom is 0.00240 e. The Bertz CT molecular complexity index is 14.5. The van der Waals surface area contributed by atoms with E-state index in [-0.39, 0.29) is 0 Å². The molecule has 0 unspecified atom stereocenters. The van der Waals surface area contributed by atoms with Crippen molar-refractivity contribution >= 4 is 20.5 Å². The lowest BCUT2D eigenvalue weighted by molar-refractivity contribution is 0.886. The fourth-order valence-electron chi connectivity index (χ4n) is 0. The lowest BCUT2D eigenvalue weighted by Crippen LogP contribution is -1.60. The fraction of sp³-hybridized carbons (Fsp3) is 1.00. The molecule has 52 valence electrons.